The SMILES string of the molecule is C=C/C=c1/c(-c2ncccc2N2CCCC(CCc3ccncc3)CC2)cccc1=C. The molecule has 1 saturated heterocycles. The molecule has 0 radical (unpaired) electrons. The van der Waals surface area contributed by atoms with E-state index in [0.717, 1.165) is 47.1 Å². The van der Waals surface area contributed by atoms with Crippen molar-refractivity contribution in [1.29, 1.82) is 0 Å². The Hall–Kier alpha value is -3.20. The highest BCUT2D eigenvalue weighted by Crippen LogP contribution is 2.30. The van der Waals surface area contributed by atoms with E-state index in [1.165, 1.54) is 36.9 Å². The molecule has 1 unspecified atom stereocenters. The van der Waals surface area contributed by atoms with E-state index in [1.807, 2.05) is 36.8 Å². The third-order valence-corrected chi connectivity index (χ3v) is 6.30. The average molecular weight is 410 g/mol. The van der Waals surface area contributed by atoms with Crippen LogP contribution in [0.5, 0.6) is 0 Å². The molecule has 1 fully saturated rings. The summed E-state index contributed by atoms with van der Waals surface area (Å²) in [6, 6.07) is 14.8. The van der Waals surface area contributed by atoms with Gasteiger partial charge in [-0.15, -0.1) is 0 Å². The molecular weight excluding hydrogens is 378 g/mol. The van der Waals surface area contributed by atoms with Gasteiger partial charge >= 0.3 is 0 Å². The van der Waals surface area contributed by atoms with Crippen LogP contribution in [0.2, 0.25) is 0 Å². The number of rotatable bonds is 6. The van der Waals surface area contributed by atoms with Crippen LogP contribution in [-0.4, -0.2) is 23.1 Å². The molecule has 2 aromatic heterocycles. The van der Waals surface area contributed by atoms with Crippen molar-refractivity contribution in [3.05, 3.63) is 89.7 Å². The van der Waals surface area contributed by atoms with Gasteiger partial charge in [0.2, 0.25) is 0 Å². The van der Waals surface area contributed by atoms with Crippen molar-refractivity contribution < 1.29 is 0 Å². The van der Waals surface area contributed by atoms with Crippen molar-refractivity contribution >= 4 is 18.3 Å². The fourth-order valence-electron chi connectivity index (χ4n) is 4.61. The average Bonchev–Trinajstić information content (AvgIpc) is 3.06. The molecule has 31 heavy (non-hydrogen) atoms. The molecule has 3 heterocycles. The third-order valence-electron chi connectivity index (χ3n) is 6.30. The van der Waals surface area contributed by atoms with Gasteiger partial charge in [-0.25, -0.2) is 0 Å². The Kier molecular flexibility index (Phi) is 6.93. The van der Waals surface area contributed by atoms with Crippen molar-refractivity contribution in [3.8, 4) is 11.3 Å². The van der Waals surface area contributed by atoms with E-state index in [4.69, 9.17) is 4.98 Å². The molecule has 0 saturated carbocycles. The van der Waals surface area contributed by atoms with E-state index in [2.05, 4.69) is 59.4 Å². The molecule has 1 aliphatic heterocycles. The van der Waals surface area contributed by atoms with Gasteiger partial charge in [-0.05, 0) is 78.3 Å². The van der Waals surface area contributed by atoms with Crippen LogP contribution >= 0.6 is 0 Å². The Morgan fingerprint density at radius 1 is 1.00 bits per heavy atom. The van der Waals surface area contributed by atoms with Crippen LogP contribution in [0.1, 0.15) is 31.2 Å². The minimum Gasteiger partial charge on any atom is -0.370 e. The minimum absolute atomic E-state index is 0.770. The van der Waals surface area contributed by atoms with Gasteiger partial charge in [-0.3, -0.25) is 9.97 Å². The first kappa shape index (κ1) is 21.0. The maximum Gasteiger partial charge on any atom is 0.0941 e. The third kappa shape index (κ3) is 5.11. The normalized spacial score (nSPS) is 17.4. The van der Waals surface area contributed by atoms with Crippen molar-refractivity contribution in [3.63, 3.8) is 0 Å². The second-order valence-corrected chi connectivity index (χ2v) is 8.33. The highest BCUT2D eigenvalue weighted by atomic mass is 15.1. The van der Waals surface area contributed by atoms with E-state index in [1.54, 1.807) is 0 Å². The molecule has 0 bridgehead atoms. The predicted molar refractivity (Wildman–Crippen MR) is 131 cm³/mol. The summed E-state index contributed by atoms with van der Waals surface area (Å²) in [6.45, 7) is 10.3. The van der Waals surface area contributed by atoms with E-state index in [0.29, 0.717) is 0 Å². The lowest BCUT2D eigenvalue weighted by Crippen LogP contribution is -2.28. The topological polar surface area (TPSA) is 29.0 Å². The Labute approximate surface area is 185 Å². The van der Waals surface area contributed by atoms with E-state index < -0.39 is 0 Å². The Bertz CT molecular complexity index is 1120. The fraction of sp³-hybridized carbons (Fsp3) is 0.286. The minimum atomic E-state index is 0.770. The zero-order valence-electron chi connectivity index (χ0n) is 18.2. The summed E-state index contributed by atoms with van der Waals surface area (Å²) in [5, 5.41) is 2.10. The molecule has 1 atom stereocenters. The lowest BCUT2D eigenvalue weighted by molar-refractivity contribution is 0.440. The zero-order chi connectivity index (χ0) is 21.5. The Morgan fingerprint density at radius 3 is 2.71 bits per heavy atom. The van der Waals surface area contributed by atoms with Crippen LogP contribution in [0.4, 0.5) is 5.69 Å². The predicted octanol–water partition coefficient (Wildman–Crippen LogP) is 4.76. The summed E-state index contributed by atoms with van der Waals surface area (Å²) in [6.07, 6.45) is 15.7. The van der Waals surface area contributed by atoms with Gasteiger partial charge < -0.3 is 4.90 Å². The van der Waals surface area contributed by atoms with E-state index >= 15 is 0 Å². The number of anilines is 1. The van der Waals surface area contributed by atoms with Gasteiger partial charge in [0.05, 0.1) is 11.4 Å². The maximum atomic E-state index is 4.80. The first-order valence-electron chi connectivity index (χ1n) is 11.3. The summed E-state index contributed by atoms with van der Waals surface area (Å²) < 4.78 is 0. The first-order chi connectivity index (χ1) is 15.3. The standard InChI is InChI=1S/C28H31N3/c1-3-7-25-22(2)8-4-10-26(25)28-27(11-5-17-30-28)31-20-6-9-23(16-21-31)12-13-24-14-18-29-19-15-24/h3-5,7-8,10-11,14-15,17-19,23H,1-2,6,9,12-13,16,20-21H2/b25-7+. The molecule has 0 N–H and O–H groups in total. The molecule has 3 aromatic rings. The summed E-state index contributed by atoms with van der Waals surface area (Å²) in [5.74, 6) is 0.770. The summed E-state index contributed by atoms with van der Waals surface area (Å²) >= 11 is 0. The molecule has 0 amide bonds. The second kappa shape index (κ2) is 10.2. The van der Waals surface area contributed by atoms with E-state index in [-0.39, 0.29) is 0 Å². The number of pyridine rings is 2. The van der Waals surface area contributed by atoms with Gasteiger partial charge in [0, 0.05) is 37.2 Å². The number of allylic oxidation sites excluding steroid dienone is 1. The monoisotopic (exact) mass is 409 g/mol. The lowest BCUT2D eigenvalue weighted by Gasteiger charge is -2.25. The number of hydrogen-bond donors (Lipinski definition) is 0. The van der Waals surface area contributed by atoms with Crippen LogP contribution in [0.25, 0.3) is 23.9 Å². The van der Waals surface area contributed by atoms with Crippen molar-refractivity contribution in [1.82, 2.24) is 9.97 Å². The lowest BCUT2D eigenvalue weighted by atomic mass is 9.93. The maximum absolute atomic E-state index is 4.80. The van der Waals surface area contributed by atoms with Crippen LogP contribution in [0.15, 0.2) is 73.7 Å². The smallest absolute Gasteiger partial charge is 0.0941 e. The highest BCUT2D eigenvalue weighted by Gasteiger charge is 2.20. The van der Waals surface area contributed by atoms with Crippen molar-refractivity contribution in [2.24, 2.45) is 5.92 Å². The molecule has 0 spiro atoms. The molecule has 3 nitrogen and oxygen atoms in total. The molecule has 4 rings (SSSR count). The molecule has 3 heteroatoms. The first-order valence-corrected chi connectivity index (χ1v) is 11.3. The second-order valence-electron chi connectivity index (χ2n) is 8.33. The van der Waals surface area contributed by atoms with Crippen molar-refractivity contribution in [2.45, 2.75) is 32.1 Å². The fourth-order valence-corrected chi connectivity index (χ4v) is 4.61. The largest absolute Gasteiger partial charge is 0.370 e. The Balaban J connectivity index is 1.54. The van der Waals surface area contributed by atoms with Crippen LogP contribution < -0.4 is 15.3 Å². The Morgan fingerprint density at radius 2 is 1.87 bits per heavy atom. The quantitative estimate of drug-likeness (QED) is 0.588. The van der Waals surface area contributed by atoms with Gasteiger partial charge in [0.1, 0.15) is 0 Å². The van der Waals surface area contributed by atoms with Crippen LogP contribution in [-0.2, 0) is 6.42 Å². The number of aromatic nitrogens is 2. The number of hydrogen-bond acceptors (Lipinski definition) is 3. The van der Waals surface area contributed by atoms with Gasteiger partial charge in [0.25, 0.3) is 0 Å². The molecule has 158 valence electrons. The number of nitrogens with zero attached hydrogens (tertiary/aromatic N) is 3. The van der Waals surface area contributed by atoms with Crippen molar-refractivity contribution in [2.75, 3.05) is 18.0 Å². The molecule has 1 aliphatic rings. The van der Waals surface area contributed by atoms with Crippen LogP contribution in [0, 0.1) is 5.92 Å². The zero-order valence-corrected chi connectivity index (χ0v) is 18.2. The number of benzene rings is 1. The van der Waals surface area contributed by atoms with Gasteiger partial charge in [0.15, 0.2) is 0 Å². The van der Waals surface area contributed by atoms with Gasteiger partial charge in [-0.2, -0.15) is 0 Å². The highest BCUT2D eigenvalue weighted by molar-refractivity contribution is 5.76. The summed E-state index contributed by atoms with van der Waals surface area (Å²) in [5.41, 5.74) is 4.78. The van der Waals surface area contributed by atoms with E-state index in [9.17, 15) is 0 Å². The van der Waals surface area contributed by atoms with Crippen LogP contribution in [0.3, 0.4) is 0 Å². The molecule has 1 aromatic carbocycles. The molecular formula is C28H31N3. The molecule has 0 aliphatic carbocycles. The summed E-state index contributed by atoms with van der Waals surface area (Å²) in [7, 11) is 0. The van der Waals surface area contributed by atoms with Gasteiger partial charge in [-0.1, -0.05) is 43.5 Å². The summed E-state index contributed by atoms with van der Waals surface area (Å²) in [4.78, 5) is 11.5. The number of aryl methyl sites for hydroxylation is 1.